The Bertz CT molecular complexity index is 595. The first-order valence-corrected chi connectivity index (χ1v) is 9.35. The maximum absolute atomic E-state index is 11.5. The van der Waals surface area contributed by atoms with Gasteiger partial charge in [-0.15, -0.1) is 0 Å². The van der Waals surface area contributed by atoms with Crippen molar-refractivity contribution in [2.24, 2.45) is 10.6 Å². The highest BCUT2D eigenvalue weighted by Gasteiger charge is 2.38. The number of benzene rings is 1. The van der Waals surface area contributed by atoms with Crippen LogP contribution < -0.4 is 9.88 Å². The molecule has 1 aliphatic rings. The number of hydrogen-bond acceptors (Lipinski definition) is 3. The number of halogens is 1. The van der Waals surface area contributed by atoms with E-state index in [4.69, 9.17) is 21.5 Å². The van der Waals surface area contributed by atoms with Gasteiger partial charge in [-0.25, -0.2) is 13.6 Å². The average molecular weight is 332 g/mol. The van der Waals surface area contributed by atoms with E-state index in [0.29, 0.717) is 6.61 Å². The molecular formula is C15H22ClNO3S. The van der Waals surface area contributed by atoms with Gasteiger partial charge in [-0.05, 0) is 43.0 Å². The Hall–Kier alpha value is -0.780. The lowest BCUT2D eigenvalue weighted by molar-refractivity contribution is 0.170. The van der Waals surface area contributed by atoms with E-state index < -0.39 is 10.0 Å². The summed E-state index contributed by atoms with van der Waals surface area (Å²) in [6.45, 7) is 2.42. The van der Waals surface area contributed by atoms with Crippen LogP contribution in [0, 0.1) is 5.41 Å². The SMILES string of the molecule is CCc1cc(OCC2(CS(N)(=O)=O)CCCC2)ccc1Cl. The second-order valence-electron chi connectivity index (χ2n) is 5.91. The fourth-order valence-corrected chi connectivity index (χ4v) is 4.51. The molecule has 6 heteroatoms. The number of sulfonamides is 1. The summed E-state index contributed by atoms with van der Waals surface area (Å²) < 4.78 is 28.8. The average Bonchev–Trinajstić information content (AvgIpc) is 2.84. The Balaban J connectivity index is 2.09. The van der Waals surface area contributed by atoms with Gasteiger partial charge in [-0.3, -0.25) is 0 Å². The first kappa shape index (κ1) is 16.6. The molecule has 1 aromatic rings. The third-order valence-electron chi connectivity index (χ3n) is 4.11. The highest BCUT2D eigenvalue weighted by molar-refractivity contribution is 7.89. The van der Waals surface area contributed by atoms with Crippen LogP contribution in [0.5, 0.6) is 5.75 Å². The predicted octanol–water partition coefficient (Wildman–Crippen LogP) is 3.13. The highest BCUT2D eigenvalue weighted by Crippen LogP contribution is 2.39. The van der Waals surface area contributed by atoms with Crippen molar-refractivity contribution in [3.05, 3.63) is 28.8 Å². The first-order valence-electron chi connectivity index (χ1n) is 7.25. The van der Waals surface area contributed by atoms with Crippen LogP contribution in [0.25, 0.3) is 0 Å². The van der Waals surface area contributed by atoms with Crippen molar-refractivity contribution in [1.29, 1.82) is 0 Å². The van der Waals surface area contributed by atoms with Gasteiger partial charge >= 0.3 is 0 Å². The lowest BCUT2D eigenvalue weighted by Gasteiger charge is -2.27. The zero-order chi connectivity index (χ0) is 15.5. The molecule has 0 saturated heterocycles. The van der Waals surface area contributed by atoms with E-state index in [1.165, 1.54) is 0 Å². The maximum Gasteiger partial charge on any atom is 0.209 e. The van der Waals surface area contributed by atoms with Crippen molar-refractivity contribution >= 4 is 21.6 Å². The number of hydrogen-bond donors (Lipinski definition) is 1. The monoisotopic (exact) mass is 331 g/mol. The van der Waals surface area contributed by atoms with Gasteiger partial charge in [-0.2, -0.15) is 0 Å². The molecule has 0 heterocycles. The minimum absolute atomic E-state index is 0.00573. The molecule has 0 atom stereocenters. The molecule has 118 valence electrons. The Morgan fingerprint density at radius 3 is 2.57 bits per heavy atom. The summed E-state index contributed by atoms with van der Waals surface area (Å²) >= 11 is 6.09. The van der Waals surface area contributed by atoms with Gasteiger partial charge in [0.1, 0.15) is 5.75 Å². The summed E-state index contributed by atoms with van der Waals surface area (Å²) in [5, 5.41) is 5.96. The lowest BCUT2D eigenvalue weighted by Crippen LogP contribution is -2.36. The molecule has 0 spiro atoms. The van der Waals surface area contributed by atoms with Gasteiger partial charge in [0, 0.05) is 10.4 Å². The van der Waals surface area contributed by atoms with Crippen molar-refractivity contribution in [1.82, 2.24) is 0 Å². The maximum atomic E-state index is 11.5. The van der Waals surface area contributed by atoms with Crippen LogP contribution in [-0.4, -0.2) is 20.8 Å². The number of ether oxygens (including phenoxy) is 1. The van der Waals surface area contributed by atoms with Crippen LogP contribution in [0.1, 0.15) is 38.2 Å². The molecule has 1 aromatic carbocycles. The van der Waals surface area contributed by atoms with Crippen LogP contribution in [0.2, 0.25) is 5.02 Å². The summed E-state index contributed by atoms with van der Waals surface area (Å²) in [4.78, 5) is 0. The molecule has 0 aliphatic heterocycles. The molecule has 2 N–H and O–H groups in total. The van der Waals surface area contributed by atoms with Crippen LogP contribution in [0.15, 0.2) is 18.2 Å². The molecule has 0 radical (unpaired) electrons. The third kappa shape index (κ3) is 4.59. The molecule has 2 rings (SSSR count). The number of primary sulfonamides is 1. The van der Waals surface area contributed by atoms with E-state index in [1.54, 1.807) is 0 Å². The Morgan fingerprint density at radius 2 is 2.00 bits per heavy atom. The normalized spacial score (nSPS) is 17.9. The second kappa shape index (κ2) is 6.55. The predicted molar refractivity (Wildman–Crippen MR) is 85.2 cm³/mol. The van der Waals surface area contributed by atoms with Crippen LogP contribution in [0.4, 0.5) is 0 Å². The minimum Gasteiger partial charge on any atom is -0.493 e. The van der Waals surface area contributed by atoms with Crippen molar-refractivity contribution in [2.45, 2.75) is 39.0 Å². The number of rotatable bonds is 6. The van der Waals surface area contributed by atoms with E-state index in [2.05, 4.69) is 0 Å². The quantitative estimate of drug-likeness (QED) is 0.870. The van der Waals surface area contributed by atoms with Gasteiger partial charge in [-0.1, -0.05) is 31.4 Å². The Morgan fingerprint density at radius 1 is 1.33 bits per heavy atom. The van der Waals surface area contributed by atoms with Crippen LogP contribution >= 0.6 is 11.6 Å². The van der Waals surface area contributed by atoms with Crippen molar-refractivity contribution in [3.63, 3.8) is 0 Å². The summed E-state index contributed by atoms with van der Waals surface area (Å²) in [7, 11) is -3.49. The molecule has 0 amide bonds. The first-order chi connectivity index (χ1) is 9.84. The molecule has 4 nitrogen and oxygen atoms in total. The fraction of sp³-hybridized carbons (Fsp3) is 0.600. The van der Waals surface area contributed by atoms with E-state index >= 15 is 0 Å². The summed E-state index contributed by atoms with van der Waals surface area (Å²) in [5.74, 6) is 0.728. The molecule has 1 saturated carbocycles. The molecule has 0 bridgehead atoms. The van der Waals surface area contributed by atoms with E-state index in [0.717, 1.165) is 48.4 Å². The van der Waals surface area contributed by atoms with Gasteiger partial charge in [0.05, 0.1) is 12.4 Å². The van der Waals surface area contributed by atoms with Crippen molar-refractivity contribution in [2.75, 3.05) is 12.4 Å². The van der Waals surface area contributed by atoms with E-state index in [1.807, 2.05) is 25.1 Å². The molecular weight excluding hydrogens is 310 g/mol. The Kier molecular flexibility index (Phi) is 5.17. The molecule has 1 fully saturated rings. The smallest absolute Gasteiger partial charge is 0.209 e. The van der Waals surface area contributed by atoms with Crippen LogP contribution in [-0.2, 0) is 16.4 Å². The van der Waals surface area contributed by atoms with Gasteiger partial charge in [0.25, 0.3) is 0 Å². The topological polar surface area (TPSA) is 69.4 Å². The van der Waals surface area contributed by atoms with Crippen LogP contribution in [0.3, 0.4) is 0 Å². The molecule has 1 aliphatic carbocycles. The summed E-state index contributed by atoms with van der Waals surface area (Å²) in [6.07, 6.45) is 4.58. The molecule has 0 unspecified atom stereocenters. The van der Waals surface area contributed by atoms with Crippen molar-refractivity contribution < 1.29 is 13.2 Å². The summed E-state index contributed by atoms with van der Waals surface area (Å²) in [5.41, 5.74) is 0.681. The van der Waals surface area contributed by atoms with Gasteiger partial charge < -0.3 is 4.74 Å². The minimum atomic E-state index is -3.49. The Labute approximate surface area is 131 Å². The molecule has 21 heavy (non-hydrogen) atoms. The van der Waals surface area contributed by atoms with E-state index in [9.17, 15) is 8.42 Å². The largest absolute Gasteiger partial charge is 0.493 e. The highest BCUT2D eigenvalue weighted by atomic mass is 35.5. The van der Waals surface area contributed by atoms with Gasteiger partial charge in [0.2, 0.25) is 10.0 Å². The summed E-state index contributed by atoms with van der Waals surface area (Å²) in [6, 6.07) is 5.56. The zero-order valence-electron chi connectivity index (χ0n) is 12.3. The van der Waals surface area contributed by atoms with E-state index in [-0.39, 0.29) is 11.2 Å². The lowest BCUT2D eigenvalue weighted by atomic mass is 9.90. The zero-order valence-corrected chi connectivity index (χ0v) is 13.8. The standard InChI is InChI=1S/C15H22ClNO3S/c1-2-12-9-13(5-6-14(12)16)20-10-15(7-3-4-8-15)11-21(17,18)19/h5-6,9H,2-4,7-8,10-11H2,1H3,(H2,17,18,19). The number of nitrogens with two attached hydrogens (primary N) is 1. The number of aryl methyl sites for hydroxylation is 1. The second-order valence-corrected chi connectivity index (χ2v) is 7.93. The third-order valence-corrected chi connectivity index (χ3v) is 5.50. The van der Waals surface area contributed by atoms with Crippen molar-refractivity contribution in [3.8, 4) is 5.75 Å². The van der Waals surface area contributed by atoms with Gasteiger partial charge in [0.15, 0.2) is 0 Å². The fourth-order valence-electron chi connectivity index (χ4n) is 3.03. The molecule has 0 aromatic heterocycles.